The Morgan fingerprint density at radius 3 is 2.65 bits per heavy atom. The van der Waals surface area contributed by atoms with E-state index in [9.17, 15) is 13.2 Å². The van der Waals surface area contributed by atoms with Crippen molar-refractivity contribution < 1.29 is 23.1 Å². The average molecular weight is 269 g/mol. The quantitative estimate of drug-likeness (QED) is 0.454. The molecule has 102 valence electrons. The van der Waals surface area contributed by atoms with E-state index in [1.165, 1.54) is 14.2 Å². The van der Waals surface area contributed by atoms with E-state index >= 15 is 0 Å². The zero-order chi connectivity index (χ0) is 13.5. The average Bonchev–Trinajstić information content (AvgIpc) is 2.25. The number of hydrogen-bond donors (Lipinski definition) is 3. The van der Waals surface area contributed by atoms with Crippen molar-refractivity contribution in [3.8, 4) is 0 Å². The van der Waals surface area contributed by atoms with Crippen LogP contribution >= 0.6 is 0 Å². The van der Waals surface area contributed by atoms with E-state index in [0.717, 1.165) is 4.31 Å². The lowest BCUT2D eigenvalue weighted by molar-refractivity contribution is -0.138. The predicted octanol–water partition coefficient (Wildman–Crippen LogP) is -1.80. The lowest BCUT2D eigenvalue weighted by atomic mass is 10.2. The third-order valence-corrected chi connectivity index (χ3v) is 3.65. The Labute approximate surface area is 101 Å². The van der Waals surface area contributed by atoms with Crippen molar-refractivity contribution in [1.29, 1.82) is 0 Å². The molecule has 0 aromatic carbocycles. The standard InChI is InChI=1S/C8H19N3O5S/c1-11(5-6-16-2)17(14,15)10-4-3-7(9)8(12)13/h7,10H,3-6,9H2,1-2H3,(H,12,13)/t7-/m0/s1. The number of hydrogen-bond acceptors (Lipinski definition) is 5. The molecule has 0 heterocycles. The highest BCUT2D eigenvalue weighted by Gasteiger charge is 2.18. The summed E-state index contributed by atoms with van der Waals surface area (Å²) in [7, 11) is -0.726. The van der Waals surface area contributed by atoms with Gasteiger partial charge in [0.05, 0.1) is 6.61 Å². The topological polar surface area (TPSA) is 122 Å². The van der Waals surface area contributed by atoms with Gasteiger partial charge in [-0.25, -0.2) is 4.72 Å². The summed E-state index contributed by atoms with van der Waals surface area (Å²) in [4.78, 5) is 10.4. The van der Waals surface area contributed by atoms with Gasteiger partial charge in [0, 0.05) is 27.2 Å². The molecule has 8 nitrogen and oxygen atoms in total. The van der Waals surface area contributed by atoms with Gasteiger partial charge in [-0.2, -0.15) is 12.7 Å². The lowest BCUT2D eigenvalue weighted by Gasteiger charge is -2.17. The molecule has 1 atom stereocenters. The molecule has 0 rings (SSSR count). The van der Waals surface area contributed by atoms with Gasteiger partial charge in [-0.1, -0.05) is 0 Å². The molecule has 0 saturated carbocycles. The Kier molecular flexibility index (Phi) is 7.23. The number of carbonyl (C=O) groups is 1. The number of aliphatic carboxylic acids is 1. The summed E-state index contributed by atoms with van der Waals surface area (Å²) in [5.41, 5.74) is 5.23. The molecule has 9 heteroatoms. The summed E-state index contributed by atoms with van der Waals surface area (Å²) >= 11 is 0. The number of nitrogens with two attached hydrogens (primary N) is 1. The summed E-state index contributed by atoms with van der Waals surface area (Å²) in [5, 5.41) is 8.51. The number of ether oxygens (including phenoxy) is 1. The molecular formula is C8H19N3O5S. The third-order valence-electron chi connectivity index (χ3n) is 2.08. The van der Waals surface area contributed by atoms with Crippen molar-refractivity contribution in [2.24, 2.45) is 5.73 Å². The van der Waals surface area contributed by atoms with E-state index < -0.39 is 22.2 Å². The molecule has 0 radical (unpaired) electrons. The van der Waals surface area contributed by atoms with Crippen molar-refractivity contribution in [1.82, 2.24) is 9.03 Å². The Hall–Kier alpha value is -0.740. The highest BCUT2D eigenvalue weighted by molar-refractivity contribution is 7.87. The van der Waals surface area contributed by atoms with Crippen LogP contribution in [0.5, 0.6) is 0 Å². The first-order valence-electron chi connectivity index (χ1n) is 4.99. The lowest BCUT2D eigenvalue weighted by Crippen LogP contribution is -2.42. The number of carboxylic acids is 1. The van der Waals surface area contributed by atoms with Crippen molar-refractivity contribution in [3.05, 3.63) is 0 Å². The van der Waals surface area contributed by atoms with Crippen LogP contribution in [0.3, 0.4) is 0 Å². The fraction of sp³-hybridized carbons (Fsp3) is 0.875. The first kappa shape index (κ1) is 16.3. The minimum atomic E-state index is -3.60. The van der Waals surface area contributed by atoms with Gasteiger partial charge in [0.25, 0.3) is 10.2 Å². The second-order valence-electron chi connectivity index (χ2n) is 3.45. The summed E-state index contributed by atoms with van der Waals surface area (Å²) in [6, 6.07) is -1.07. The number of rotatable bonds is 9. The van der Waals surface area contributed by atoms with E-state index in [4.69, 9.17) is 15.6 Å². The van der Waals surface area contributed by atoms with Crippen LogP contribution < -0.4 is 10.5 Å². The monoisotopic (exact) mass is 269 g/mol. The minimum Gasteiger partial charge on any atom is -0.480 e. The molecule has 0 amide bonds. The Balaban J connectivity index is 4.05. The van der Waals surface area contributed by atoms with Gasteiger partial charge in [0.15, 0.2) is 0 Å². The van der Waals surface area contributed by atoms with E-state index in [2.05, 4.69) is 4.72 Å². The molecule has 17 heavy (non-hydrogen) atoms. The summed E-state index contributed by atoms with van der Waals surface area (Å²) in [6.07, 6.45) is 0.0344. The van der Waals surface area contributed by atoms with Crippen LogP contribution in [0.2, 0.25) is 0 Å². The maximum Gasteiger partial charge on any atom is 0.320 e. The normalized spacial score (nSPS) is 13.9. The Morgan fingerprint density at radius 2 is 2.18 bits per heavy atom. The van der Waals surface area contributed by atoms with E-state index in [1.54, 1.807) is 0 Å². The van der Waals surface area contributed by atoms with Crippen LogP contribution in [0, 0.1) is 0 Å². The van der Waals surface area contributed by atoms with Crippen molar-refractivity contribution >= 4 is 16.2 Å². The van der Waals surface area contributed by atoms with Gasteiger partial charge in [-0.05, 0) is 6.42 Å². The van der Waals surface area contributed by atoms with Crippen LogP contribution in [-0.4, -0.2) is 63.7 Å². The van der Waals surface area contributed by atoms with Crippen LogP contribution in [-0.2, 0) is 19.7 Å². The number of methoxy groups -OCH3 is 1. The minimum absolute atomic E-state index is 0.0207. The summed E-state index contributed by atoms with van der Waals surface area (Å²) < 4.78 is 31.2. The SMILES string of the molecule is COCCN(C)S(=O)(=O)NCC[C@H](N)C(=O)O. The van der Waals surface area contributed by atoms with E-state index in [-0.39, 0.29) is 26.1 Å². The van der Waals surface area contributed by atoms with Crippen molar-refractivity contribution in [2.75, 3.05) is 33.9 Å². The molecule has 0 aliphatic heterocycles. The van der Waals surface area contributed by atoms with E-state index in [1.807, 2.05) is 0 Å². The van der Waals surface area contributed by atoms with Gasteiger partial charge in [0.2, 0.25) is 0 Å². The molecule has 0 aliphatic carbocycles. The number of nitrogens with one attached hydrogen (secondary N) is 1. The predicted molar refractivity (Wildman–Crippen MR) is 61.7 cm³/mol. The molecule has 0 fully saturated rings. The highest BCUT2D eigenvalue weighted by atomic mass is 32.2. The number of nitrogens with zero attached hydrogens (tertiary/aromatic N) is 1. The molecular weight excluding hydrogens is 250 g/mol. The maximum absolute atomic E-state index is 11.6. The molecule has 0 spiro atoms. The van der Waals surface area contributed by atoms with Gasteiger partial charge in [0.1, 0.15) is 6.04 Å². The van der Waals surface area contributed by atoms with Crippen LogP contribution in [0.4, 0.5) is 0 Å². The highest BCUT2D eigenvalue weighted by Crippen LogP contribution is 1.94. The molecule has 4 N–H and O–H groups in total. The summed E-state index contributed by atoms with van der Waals surface area (Å²) in [5.74, 6) is -1.16. The largest absolute Gasteiger partial charge is 0.480 e. The van der Waals surface area contributed by atoms with Crippen LogP contribution in [0.15, 0.2) is 0 Å². The fourth-order valence-corrected chi connectivity index (χ4v) is 1.83. The number of likely N-dealkylation sites (N-methyl/N-ethyl adjacent to an activating group) is 1. The van der Waals surface area contributed by atoms with Gasteiger partial charge in [-0.15, -0.1) is 0 Å². The zero-order valence-corrected chi connectivity index (χ0v) is 10.7. The third kappa shape index (κ3) is 6.54. The van der Waals surface area contributed by atoms with Gasteiger partial charge < -0.3 is 15.6 Å². The molecule has 0 aromatic rings. The van der Waals surface area contributed by atoms with Crippen molar-refractivity contribution in [3.63, 3.8) is 0 Å². The second-order valence-corrected chi connectivity index (χ2v) is 5.31. The molecule has 0 bridgehead atoms. The summed E-state index contributed by atoms with van der Waals surface area (Å²) in [6.45, 7) is 0.482. The molecule has 0 unspecified atom stereocenters. The van der Waals surface area contributed by atoms with Crippen LogP contribution in [0.1, 0.15) is 6.42 Å². The van der Waals surface area contributed by atoms with Gasteiger partial charge >= 0.3 is 5.97 Å². The second kappa shape index (κ2) is 7.56. The van der Waals surface area contributed by atoms with Crippen LogP contribution in [0.25, 0.3) is 0 Å². The Bertz CT molecular complexity index is 332. The Morgan fingerprint density at radius 1 is 1.59 bits per heavy atom. The molecule has 0 saturated heterocycles. The van der Waals surface area contributed by atoms with Gasteiger partial charge in [-0.3, -0.25) is 4.79 Å². The first-order chi connectivity index (χ1) is 7.81. The fourth-order valence-electron chi connectivity index (χ4n) is 0.917. The zero-order valence-electron chi connectivity index (χ0n) is 9.92. The molecule has 0 aliphatic rings. The van der Waals surface area contributed by atoms with E-state index in [0.29, 0.717) is 0 Å². The maximum atomic E-state index is 11.6. The first-order valence-corrected chi connectivity index (χ1v) is 6.43. The smallest absolute Gasteiger partial charge is 0.320 e. The van der Waals surface area contributed by atoms with Crippen molar-refractivity contribution in [2.45, 2.75) is 12.5 Å². The number of carboxylic acid groups (broad SMARTS) is 1. The molecule has 0 aromatic heterocycles.